The third kappa shape index (κ3) is 4.45. The predicted octanol–water partition coefficient (Wildman–Crippen LogP) is 4.50. The number of hydrogen-bond acceptors (Lipinski definition) is 6. The molecule has 3 aromatic carbocycles. The second-order valence-electron chi connectivity index (χ2n) is 7.61. The molecule has 0 aliphatic carbocycles. The van der Waals surface area contributed by atoms with Crippen LogP contribution in [0.25, 0.3) is 6.08 Å². The number of amides is 1. The fourth-order valence-electron chi connectivity index (χ4n) is 3.43. The zero-order valence-corrected chi connectivity index (χ0v) is 18.4. The number of methoxy groups -OCH3 is 1. The number of nitrogens with zero attached hydrogens (tertiary/aromatic N) is 4. The monoisotopic (exact) mass is 442 g/mol. The largest absolute Gasteiger partial charge is 0.497 e. The first-order valence-corrected chi connectivity index (χ1v) is 10.2. The summed E-state index contributed by atoms with van der Waals surface area (Å²) in [7, 11) is 5.51. The Labute approximate surface area is 191 Å². The Kier molecular flexibility index (Phi) is 5.91. The third-order valence-corrected chi connectivity index (χ3v) is 5.27. The van der Waals surface area contributed by atoms with Crippen LogP contribution in [0.2, 0.25) is 0 Å². The van der Waals surface area contributed by atoms with Crippen molar-refractivity contribution in [3.8, 4) is 5.75 Å². The van der Waals surface area contributed by atoms with E-state index in [1.807, 2.05) is 55.4 Å². The number of rotatable bonds is 6. The summed E-state index contributed by atoms with van der Waals surface area (Å²) in [5, 5.41) is 16.8. The molecule has 8 heteroatoms. The Hall–Kier alpha value is -4.46. The van der Waals surface area contributed by atoms with Gasteiger partial charge in [-0.3, -0.25) is 14.9 Å². The van der Waals surface area contributed by atoms with Gasteiger partial charge in [-0.25, -0.2) is 0 Å². The van der Waals surface area contributed by atoms with E-state index >= 15 is 0 Å². The zero-order valence-electron chi connectivity index (χ0n) is 18.4. The Morgan fingerprint density at radius 1 is 0.970 bits per heavy atom. The van der Waals surface area contributed by atoms with Crippen LogP contribution in [-0.2, 0) is 4.79 Å². The van der Waals surface area contributed by atoms with E-state index in [0.717, 1.165) is 16.8 Å². The number of ether oxygens (including phenoxy) is 1. The highest BCUT2D eigenvalue weighted by Gasteiger charge is 2.32. The first-order chi connectivity index (χ1) is 15.9. The van der Waals surface area contributed by atoms with Crippen molar-refractivity contribution in [1.29, 1.82) is 0 Å². The van der Waals surface area contributed by atoms with Gasteiger partial charge in [0, 0.05) is 37.5 Å². The molecule has 3 aromatic rings. The smallest absolute Gasteiger partial charge is 0.281 e. The first kappa shape index (κ1) is 21.8. The number of hydrogen-bond donors (Lipinski definition) is 0. The van der Waals surface area contributed by atoms with Crippen LogP contribution in [0.4, 0.5) is 17.1 Å². The molecular formula is C25H22N4O4. The number of carbonyl (C=O) groups is 1. The highest BCUT2D eigenvalue weighted by Crippen LogP contribution is 2.30. The highest BCUT2D eigenvalue weighted by molar-refractivity contribution is 6.37. The molecule has 1 heterocycles. The van der Waals surface area contributed by atoms with Gasteiger partial charge >= 0.3 is 0 Å². The summed E-state index contributed by atoms with van der Waals surface area (Å²) in [5.74, 6) is 0.382. The third-order valence-electron chi connectivity index (χ3n) is 5.27. The van der Waals surface area contributed by atoms with Crippen molar-refractivity contribution >= 4 is 34.8 Å². The predicted molar refractivity (Wildman–Crippen MR) is 129 cm³/mol. The standard InChI is InChI=1S/C25H22N4O4/c1-27(2)19-8-4-17(5-9-19)16-23-24(18-6-14-22(33-3)15-7-18)26-28(25(23)30)20-10-12-21(13-11-20)29(31)32/h4-16H,1-3H3. The van der Waals surface area contributed by atoms with Gasteiger partial charge in [0.05, 0.1) is 23.3 Å². The minimum Gasteiger partial charge on any atom is -0.497 e. The summed E-state index contributed by atoms with van der Waals surface area (Å²) in [6.45, 7) is 0. The average Bonchev–Trinajstić information content (AvgIpc) is 3.15. The molecule has 1 aliphatic heterocycles. The minimum absolute atomic E-state index is 0.0542. The number of nitro groups is 1. The van der Waals surface area contributed by atoms with E-state index in [1.54, 1.807) is 25.3 Å². The van der Waals surface area contributed by atoms with Crippen molar-refractivity contribution in [3.05, 3.63) is 99.6 Å². The lowest BCUT2D eigenvalue weighted by Gasteiger charge is -2.12. The van der Waals surface area contributed by atoms with Crippen molar-refractivity contribution in [2.45, 2.75) is 0 Å². The molecule has 0 spiro atoms. The molecule has 0 N–H and O–H groups in total. The van der Waals surface area contributed by atoms with E-state index in [0.29, 0.717) is 22.7 Å². The first-order valence-electron chi connectivity index (χ1n) is 10.2. The maximum absolute atomic E-state index is 13.4. The van der Waals surface area contributed by atoms with E-state index in [4.69, 9.17) is 4.74 Å². The lowest BCUT2D eigenvalue weighted by molar-refractivity contribution is -0.384. The van der Waals surface area contributed by atoms with Gasteiger partial charge in [-0.2, -0.15) is 10.1 Å². The van der Waals surface area contributed by atoms with Crippen LogP contribution in [0.3, 0.4) is 0 Å². The minimum atomic E-state index is -0.482. The van der Waals surface area contributed by atoms with Crippen molar-refractivity contribution in [1.82, 2.24) is 0 Å². The molecule has 0 aromatic heterocycles. The lowest BCUT2D eigenvalue weighted by Crippen LogP contribution is -2.21. The molecular weight excluding hydrogens is 420 g/mol. The molecule has 166 valence electrons. The molecule has 0 atom stereocenters. The number of nitro benzene ring substituents is 1. The molecule has 1 aliphatic rings. The van der Waals surface area contributed by atoms with E-state index in [-0.39, 0.29) is 11.6 Å². The second-order valence-corrected chi connectivity index (χ2v) is 7.61. The van der Waals surface area contributed by atoms with E-state index in [9.17, 15) is 14.9 Å². The van der Waals surface area contributed by atoms with Crippen LogP contribution < -0.4 is 14.6 Å². The van der Waals surface area contributed by atoms with Gasteiger partial charge in [-0.1, -0.05) is 12.1 Å². The summed E-state index contributed by atoms with van der Waals surface area (Å²) in [6.07, 6.45) is 1.80. The van der Waals surface area contributed by atoms with Crippen LogP contribution in [0, 0.1) is 10.1 Å². The van der Waals surface area contributed by atoms with Crippen molar-refractivity contribution in [3.63, 3.8) is 0 Å². The second kappa shape index (κ2) is 8.96. The van der Waals surface area contributed by atoms with Gasteiger partial charge in [-0.05, 0) is 60.2 Å². The van der Waals surface area contributed by atoms with Crippen LogP contribution in [-0.4, -0.2) is 37.7 Å². The summed E-state index contributed by atoms with van der Waals surface area (Å²) < 4.78 is 5.24. The number of hydrazone groups is 1. The topological polar surface area (TPSA) is 88.3 Å². The Morgan fingerprint density at radius 3 is 2.15 bits per heavy atom. The van der Waals surface area contributed by atoms with Crippen molar-refractivity contribution in [2.75, 3.05) is 31.1 Å². The van der Waals surface area contributed by atoms with Gasteiger partial charge in [0.15, 0.2) is 0 Å². The molecule has 4 rings (SSSR count). The molecule has 0 fully saturated rings. The van der Waals surface area contributed by atoms with E-state index in [1.165, 1.54) is 29.3 Å². The highest BCUT2D eigenvalue weighted by atomic mass is 16.6. The fourth-order valence-corrected chi connectivity index (χ4v) is 3.43. The maximum atomic E-state index is 13.4. The molecule has 0 radical (unpaired) electrons. The number of non-ortho nitro benzene ring substituents is 1. The molecule has 1 amide bonds. The molecule has 0 saturated carbocycles. The average molecular weight is 442 g/mol. The number of carbonyl (C=O) groups excluding carboxylic acids is 1. The van der Waals surface area contributed by atoms with E-state index in [2.05, 4.69) is 5.10 Å². The molecule has 33 heavy (non-hydrogen) atoms. The van der Waals surface area contributed by atoms with Gasteiger partial charge in [0.2, 0.25) is 0 Å². The van der Waals surface area contributed by atoms with Crippen LogP contribution in [0.1, 0.15) is 11.1 Å². The fraction of sp³-hybridized carbons (Fsp3) is 0.120. The van der Waals surface area contributed by atoms with Gasteiger partial charge in [0.25, 0.3) is 11.6 Å². The van der Waals surface area contributed by atoms with Crippen LogP contribution in [0.5, 0.6) is 5.75 Å². The van der Waals surface area contributed by atoms with E-state index < -0.39 is 4.92 Å². The zero-order chi connectivity index (χ0) is 23.5. The SMILES string of the molecule is COc1ccc(C2=NN(c3ccc([N+](=O)[O-])cc3)C(=O)C2=Cc2ccc(N(C)C)cc2)cc1. The maximum Gasteiger partial charge on any atom is 0.281 e. The van der Waals surface area contributed by atoms with Gasteiger partial charge in [-0.15, -0.1) is 0 Å². The number of anilines is 2. The van der Waals surface area contributed by atoms with Gasteiger partial charge < -0.3 is 9.64 Å². The molecule has 0 saturated heterocycles. The summed E-state index contributed by atoms with van der Waals surface area (Å²) in [5.41, 5.74) is 3.99. The molecule has 0 unspecified atom stereocenters. The normalized spacial score (nSPS) is 14.4. The summed E-state index contributed by atoms with van der Waals surface area (Å²) >= 11 is 0. The molecule has 8 nitrogen and oxygen atoms in total. The Bertz CT molecular complexity index is 1250. The van der Waals surface area contributed by atoms with Crippen LogP contribution >= 0.6 is 0 Å². The van der Waals surface area contributed by atoms with Gasteiger partial charge in [0.1, 0.15) is 11.5 Å². The summed E-state index contributed by atoms with van der Waals surface area (Å²) in [4.78, 5) is 25.9. The summed E-state index contributed by atoms with van der Waals surface area (Å²) in [6, 6.07) is 20.9. The molecule has 0 bridgehead atoms. The van der Waals surface area contributed by atoms with Crippen molar-refractivity contribution in [2.24, 2.45) is 5.10 Å². The van der Waals surface area contributed by atoms with Crippen molar-refractivity contribution < 1.29 is 14.5 Å². The Morgan fingerprint density at radius 2 is 1.61 bits per heavy atom. The van der Waals surface area contributed by atoms with Crippen LogP contribution in [0.15, 0.2) is 83.5 Å². The quantitative estimate of drug-likeness (QED) is 0.319. The lowest BCUT2D eigenvalue weighted by atomic mass is 10.00. The number of benzene rings is 3. The Balaban J connectivity index is 1.76.